The number of para-hydroxylation sites is 2. The molecule has 0 spiro atoms. The molecule has 0 saturated carbocycles. The molecule has 0 N–H and O–H groups in total. The smallest absolute Gasteiger partial charge is 0.253 e. The molecular formula is C36H48N5O4P. The molecule has 46 heavy (non-hydrogen) atoms. The van der Waals surface area contributed by atoms with Gasteiger partial charge in [-0.25, -0.2) is 9.34 Å². The van der Waals surface area contributed by atoms with Crippen LogP contribution in [0.25, 0.3) is 27.5 Å². The van der Waals surface area contributed by atoms with Gasteiger partial charge in [-0.1, -0.05) is 36.4 Å². The Balaban J connectivity index is 1.08. The first-order chi connectivity index (χ1) is 22.0. The summed E-state index contributed by atoms with van der Waals surface area (Å²) in [6, 6.07) is 24.7. The molecule has 3 heterocycles. The van der Waals surface area contributed by atoms with Crippen molar-refractivity contribution in [2.24, 2.45) is 0 Å². The fraction of sp³-hybridized carbons (Fsp3) is 0.472. The van der Waals surface area contributed by atoms with E-state index in [1.807, 2.05) is 47.9 Å². The van der Waals surface area contributed by atoms with Crippen LogP contribution in [0.5, 0.6) is 0 Å². The maximum Gasteiger partial charge on any atom is 0.253 e. The Labute approximate surface area is 273 Å². The summed E-state index contributed by atoms with van der Waals surface area (Å²) in [5, 5.41) is 2.42. The molecule has 2 fully saturated rings. The monoisotopic (exact) mass is 645 g/mol. The molecule has 3 unspecified atom stereocenters. The predicted molar refractivity (Wildman–Crippen MR) is 186 cm³/mol. The van der Waals surface area contributed by atoms with E-state index in [-0.39, 0.29) is 30.0 Å². The minimum absolute atomic E-state index is 0.00340. The van der Waals surface area contributed by atoms with Crippen molar-refractivity contribution >= 4 is 35.2 Å². The molecule has 246 valence electrons. The van der Waals surface area contributed by atoms with Gasteiger partial charge in [-0.15, -0.1) is 0 Å². The Kier molecular flexibility index (Phi) is 9.45. The molecule has 3 aromatic carbocycles. The first-order valence-corrected chi connectivity index (χ1v) is 18.1. The molecule has 2 aliphatic heterocycles. The van der Waals surface area contributed by atoms with E-state index in [1.165, 1.54) is 10.8 Å². The fourth-order valence-corrected chi connectivity index (χ4v) is 8.83. The van der Waals surface area contributed by atoms with Crippen molar-refractivity contribution in [1.29, 1.82) is 0 Å². The van der Waals surface area contributed by atoms with Crippen molar-refractivity contribution in [2.45, 2.75) is 45.4 Å². The second kappa shape index (κ2) is 13.2. The molecule has 0 radical (unpaired) electrons. The van der Waals surface area contributed by atoms with Gasteiger partial charge in [0.2, 0.25) is 7.44 Å². The molecule has 2 saturated heterocycles. The summed E-state index contributed by atoms with van der Waals surface area (Å²) >= 11 is 0. The molecule has 1 amide bonds. The molecular weight excluding hydrogens is 597 g/mol. The fourth-order valence-electron chi connectivity index (χ4n) is 6.79. The first-order valence-electron chi connectivity index (χ1n) is 16.3. The number of hydrogen-bond donors (Lipinski definition) is 0. The summed E-state index contributed by atoms with van der Waals surface area (Å²) < 4.78 is 32.6. The highest BCUT2D eigenvalue weighted by Gasteiger charge is 2.38. The second-order valence-electron chi connectivity index (χ2n) is 13.8. The molecule has 10 heteroatoms. The summed E-state index contributed by atoms with van der Waals surface area (Å²) in [5.74, 6) is -0.00340. The number of carbonyl (C=O) groups is 1. The van der Waals surface area contributed by atoms with Gasteiger partial charge >= 0.3 is 0 Å². The van der Waals surface area contributed by atoms with E-state index in [4.69, 9.17) is 9.47 Å². The highest BCUT2D eigenvalue weighted by molar-refractivity contribution is 7.58. The lowest BCUT2D eigenvalue weighted by Gasteiger charge is -2.44. The number of ether oxygens (including phenoxy) is 2. The third-order valence-electron chi connectivity index (χ3n) is 9.40. The van der Waals surface area contributed by atoms with Gasteiger partial charge < -0.3 is 18.9 Å². The normalized spacial score (nSPS) is 21.7. The van der Waals surface area contributed by atoms with Gasteiger partial charge in [0.1, 0.15) is 6.35 Å². The topological polar surface area (TPSA) is 70.5 Å². The number of nitrogens with zero attached hydrogens (tertiary/aromatic N) is 5. The average Bonchev–Trinajstić information content (AvgIpc) is 3.38. The maximum atomic E-state index is 14.3. The standard InChI is InChI=1S/C36H48N5O4P/c1-27-23-39(36(2,3)4)24-30(45-27)25-44-26-46(43,37(5)6)40-21-19-38(20-22-40)35(42)28-15-17-29(18-16-28)41-33-13-9-7-11-31(33)32-12-8-10-14-34(32)41/h7-18,27,30H,19-26H2,1-6H3. The van der Waals surface area contributed by atoms with E-state index in [2.05, 4.69) is 85.7 Å². The number of morpholine rings is 1. The summed E-state index contributed by atoms with van der Waals surface area (Å²) in [6.07, 6.45) is 0.189. The zero-order chi connectivity index (χ0) is 32.6. The second-order valence-corrected chi connectivity index (χ2v) is 16.8. The Morgan fingerprint density at radius 2 is 1.48 bits per heavy atom. The number of carbonyl (C=O) groups excluding carboxylic acids is 1. The van der Waals surface area contributed by atoms with Crippen LogP contribution < -0.4 is 0 Å². The summed E-state index contributed by atoms with van der Waals surface area (Å²) in [6.45, 7) is 12.9. The zero-order valence-corrected chi connectivity index (χ0v) is 29.0. The lowest BCUT2D eigenvalue weighted by atomic mass is 10.0. The van der Waals surface area contributed by atoms with Crippen LogP contribution >= 0.6 is 7.44 Å². The Bertz CT molecular complexity index is 1670. The number of fused-ring (bicyclic) bond motifs is 3. The number of amides is 1. The lowest BCUT2D eigenvalue weighted by Crippen LogP contribution is -2.55. The maximum absolute atomic E-state index is 14.3. The molecule has 0 aliphatic carbocycles. The van der Waals surface area contributed by atoms with Crippen LogP contribution in [0, 0.1) is 0 Å². The molecule has 9 nitrogen and oxygen atoms in total. The number of benzene rings is 3. The molecule has 1 aromatic heterocycles. The van der Waals surface area contributed by atoms with Gasteiger partial charge in [-0.2, -0.15) is 0 Å². The van der Waals surface area contributed by atoms with E-state index in [0.717, 1.165) is 29.8 Å². The van der Waals surface area contributed by atoms with Crippen molar-refractivity contribution in [3.8, 4) is 5.69 Å². The highest BCUT2D eigenvalue weighted by atomic mass is 31.2. The molecule has 0 bridgehead atoms. The molecule has 2 aliphatic rings. The molecule has 4 aromatic rings. The van der Waals surface area contributed by atoms with Crippen LogP contribution in [-0.4, -0.2) is 114 Å². The zero-order valence-electron chi connectivity index (χ0n) is 28.1. The minimum atomic E-state index is -2.97. The number of piperazine rings is 1. The van der Waals surface area contributed by atoms with Crippen molar-refractivity contribution < 1.29 is 18.8 Å². The van der Waals surface area contributed by atoms with E-state index < -0.39 is 7.44 Å². The Morgan fingerprint density at radius 1 is 0.891 bits per heavy atom. The van der Waals surface area contributed by atoms with Crippen molar-refractivity contribution in [2.75, 3.05) is 66.3 Å². The van der Waals surface area contributed by atoms with Gasteiger partial charge in [0.15, 0.2) is 0 Å². The molecule has 6 rings (SSSR count). The van der Waals surface area contributed by atoms with Crippen LogP contribution in [-0.2, 0) is 14.0 Å². The Hall–Kier alpha value is -3.04. The molecule has 3 atom stereocenters. The predicted octanol–water partition coefficient (Wildman–Crippen LogP) is 6.16. The van der Waals surface area contributed by atoms with Gasteiger partial charge in [-0.3, -0.25) is 14.3 Å². The van der Waals surface area contributed by atoms with E-state index in [9.17, 15) is 9.36 Å². The Morgan fingerprint density at radius 3 is 2.04 bits per heavy atom. The first kappa shape index (κ1) is 32.9. The number of aromatic nitrogens is 1. The third kappa shape index (κ3) is 6.55. The summed E-state index contributed by atoms with van der Waals surface area (Å²) in [4.78, 5) is 17.9. The van der Waals surface area contributed by atoms with Crippen LogP contribution in [0.1, 0.15) is 38.1 Å². The van der Waals surface area contributed by atoms with Gasteiger partial charge in [0, 0.05) is 66.8 Å². The van der Waals surface area contributed by atoms with E-state index in [1.54, 1.807) is 4.67 Å². The van der Waals surface area contributed by atoms with E-state index in [0.29, 0.717) is 38.3 Å². The largest absolute Gasteiger partial charge is 0.370 e. The van der Waals surface area contributed by atoms with Crippen LogP contribution in [0.2, 0.25) is 0 Å². The van der Waals surface area contributed by atoms with Gasteiger partial charge in [0.05, 0.1) is 29.8 Å². The van der Waals surface area contributed by atoms with Crippen molar-refractivity contribution in [3.63, 3.8) is 0 Å². The van der Waals surface area contributed by atoms with Gasteiger partial charge in [-0.05, 0) is 78.2 Å². The number of hydrogen-bond acceptors (Lipinski definition) is 5. The van der Waals surface area contributed by atoms with E-state index >= 15 is 0 Å². The van der Waals surface area contributed by atoms with Crippen molar-refractivity contribution in [1.82, 2.24) is 23.7 Å². The SMILES string of the molecule is CC1CN(C(C)(C)C)CC(COCP(=O)(N(C)C)N2CCN(C(=O)c3ccc(-n4c5ccccc5c5ccccc54)cc3)CC2)O1. The highest BCUT2D eigenvalue weighted by Crippen LogP contribution is 2.51. The van der Waals surface area contributed by atoms with Crippen LogP contribution in [0.4, 0.5) is 0 Å². The van der Waals surface area contributed by atoms with Crippen LogP contribution in [0.3, 0.4) is 0 Å². The van der Waals surface area contributed by atoms with Gasteiger partial charge in [0.25, 0.3) is 5.91 Å². The summed E-state index contributed by atoms with van der Waals surface area (Å²) in [5.41, 5.74) is 4.01. The van der Waals surface area contributed by atoms with Crippen molar-refractivity contribution in [3.05, 3.63) is 78.4 Å². The average molecular weight is 646 g/mol. The summed E-state index contributed by atoms with van der Waals surface area (Å²) in [7, 11) is 0.730. The van der Waals surface area contributed by atoms with Crippen LogP contribution in [0.15, 0.2) is 72.8 Å². The minimum Gasteiger partial charge on any atom is -0.370 e. The quantitative estimate of drug-likeness (QED) is 0.213. The third-order valence-corrected chi connectivity index (χ3v) is 12.5. The lowest BCUT2D eigenvalue weighted by molar-refractivity contribution is -0.122. The number of rotatable bonds is 8.